The molecular formula is C13H16BrNO3. The maximum absolute atomic E-state index is 10.9. The smallest absolute Gasteiger partial charge is 0.335 e. The van der Waals surface area contributed by atoms with Crippen molar-refractivity contribution in [2.45, 2.75) is 19.4 Å². The average molecular weight is 314 g/mol. The summed E-state index contributed by atoms with van der Waals surface area (Å²) < 4.78 is 6.47. The molecule has 4 nitrogen and oxygen atoms in total. The second-order valence-corrected chi connectivity index (χ2v) is 5.86. The Labute approximate surface area is 115 Å². The van der Waals surface area contributed by atoms with Gasteiger partial charge in [-0.1, -0.05) is 0 Å². The lowest BCUT2D eigenvalue weighted by Gasteiger charge is -2.39. The van der Waals surface area contributed by atoms with E-state index in [1.807, 2.05) is 6.07 Å². The van der Waals surface area contributed by atoms with Crippen molar-refractivity contribution in [2.75, 3.05) is 24.6 Å². The Morgan fingerprint density at radius 2 is 2.22 bits per heavy atom. The zero-order valence-corrected chi connectivity index (χ0v) is 12.0. The van der Waals surface area contributed by atoms with Crippen LogP contribution >= 0.6 is 15.9 Å². The number of hydrogen-bond acceptors (Lipinski definition) is 3. The molecule has 0 amide bonds. The fourth-order valence-corrected chi connectivity index (χ4v) is 2.75. The molecule has 98 valence electrons. The van der Waals surface area contributed by atoms with E-state index >= 15 is 0 Å². The van der Waals surface area contributed by atoms with Crippen LogP contribution in [0.4, 0.5) is 5.69 Å². The van der Waals surface area contributed by atoms with Crippen molar-refractivity contribution >= 4 is 27.6 Å². The normalized spacial score (nSPS) is 18.7. The van der Waals surface area contributed by atoms with Gasteiger partial charge in [0.25, 0.3) is 0 Å². The minimum Gasteiger partial charge on any atom is -0.478 e. The zero-order valence-electron chi connectivity index (χ0n) is 10.4. The molecule has 2 rings (SSSR count). The number of carboxylic acid groups (broad SMARTS) is 1. The minimum atomic E-state index is -0.912. The van der Waals surface area contributed by atoms with Crippen molar-refractivity contribution in [3.63, 3.8) is 0 Å². The SMILES string of the molecule is CC1(C)CN(c2ccc(C(=O)O)cc2Br)CCO1. The van der Waals surface area contributed by atoms with E-state index in [1.54, 1.807) is 12.1 Å². The summed E-state index contributed by atoms with van der Waals surface area (Å²) in [6.45, 7) is 6.39. The third-order valence-electron chi connectivity index (χ3n) is 2.96. The summed E-state index contributed by atoms with van der Waals surface area (Å²) in [5, 5.41) is 8.94. The maximum atomic E-state index is 10.9. The summed E-state index contributed by atoms with van der Waals surface area (Å²) in [7, 11) is 0. The number of carboxylic acids is 1. The lowest BCUT2D eigenvalue weighted by molar-refractivity contribution is -0.0277. The Morgan fingerprint density at radius 3 is 2.78 bits per heavy atom. The molecule has 1 aromatic rings. The van der Waals surface area contributed by atoms with Crippen LogP contribution < -0.4 is 4.90 Å². The number of hydrogen-bond donors (Lipinski definition) is 1. The quantitative estimate of drug-likeness (QED) is 0.912. The van der Waals surface area contributed by atoms with Crippen LogP contribution in [0.5, 0.6) is 0 Å². The lowest BCUT2D eigenvalue weighted by atomic mass is 10.1. The first-order valence-electron chi connectivity index (χ1n) is 5.81. The summed E-state index contributed by atoms with van der Waals surface area (Å²) in [4.78, 5) is 13.1. The van der Waals surface area contributed by atoms with Crippen molar-refractivity contribution in [2.24, 2.45) is 0 Å². The summed E-state index contributed by atoms with van der Waals surface area (Å²) in [5.74, 6) is -0.912. The molecule has 0 aromatic heterocycles. The van der Waals surface area contributed by atoms with E-state index < -0.39 is 5.97 Å². The van der Waals surface area contributed by atoms with Gasteiger partial charge in [-0.25, -0.2) is 4.79 Å². The van der Waals surface area contributed by atoms with Crippen molar-refractivity contribution in [1.82, 2.24) is 0 Å². The molecule has 5 heteroatoms. The van der Waals surface area contributed by atoms with Gasteiger partial charge in [-0.15, -0.1) is 0 Å². The van der Waals surface area contributed by atoms with Crippen LogP contribution in [0, 0.1) is 0 Å². The molecule has 1 fully saturated rings. The Kier molecular flexibility index (Phi) is 3.64. The monoisotopic (exact) mass is 313 g/mol. The molecule has 0 atom stereocenters. The van der Waals surface area contributed by atoms with Crippen LogP contribution in [0.2, 0.25) is 0 Å². The average Bonchev–Trinajstić information content (AvgIpc) is 2.27. The second-order valence-electron chi connectivity index (χ2n) is 5.00. The van der Waals surface area contributed by atoms with Gasteiger partial charge in [-0.2, -0.15) is 0 Å². The predicted molar refractivity (Wildman–Crippen MR) is 73.3 cm³/mol. The van der Waals surface area contributed by atoms with Gasteiger partial charge in [0.2, 0.25) is 0 Å². The van der Waals surface area contributed by atoms with E-state index in [4.69, 9.17) is 9.84 Å². The van der Waals surface area contributed by atoms with Crippen LogP contribution in [0.25, 0.3) is 0 Å². The van der Waals surface area contributed by atoms with Crippen molar-refractivity contribution < 1.29 is 14.6 Å². The van der Waals surface area contributed by atoms with Gasteiger partial charge < -0.3 is 14.7 Å². The van der Waals surface area contributed by atoms with Gasteiger partial charge >= 0.3 is 5.97 Å². The number of halogens is 1. The van der Waals surface area contributed by atoms with Crippen LogP contribution in [-0.2, 0) is 4.74 Å². The van der Waals surface area contributed by atoms with Crippen molar-refractivity contribution in [1.29, 1.82) is 0 Å². The molecule has 0 spiro atoms. The number of nitrogens with zero attached hydrogens (tertiary/aromatic N) is 1. The fourth-order valence-electron chi connectivity index (χ4n) is 2.12. The van der Waals surface area contributed by atoms with Crippen molar-refractivity contribution in [3.8, 4) is 0 Å². The number of benzene rings is 1. The molecule has 1 N–H and O–H groups in total. The summed E-state index contributed by atoms with van der Waals surface area (Å²) in [6.07, 6.45) is 0. The molecule has 1 saturated heterocycles. The van der Waals surface area contributed by atoms with Crippen molar-refractivity contribution in [3.05, 3.63) is 28.2 Å². The topological polar surface area (TPSA) is 49.8 Å². The molecule has 1 heterocycles. The number of aromatic carboxylic acids is 1. The highest BCUT2D eigenvalue weighted by atomic mass is 79.9. The largest absolute Gasteiger partial charge is 0.478 e. The molecule has 0 unspecified atom stereocenters. The summed E-state index contributed by atoms with van der Waals surface area (Å²) >= 11 is 3.44. The zero-order chi connectivity index (χ0) is 13.3. The number of rotatable bonds is 2. The molecule has 0 saturated carbocycles. The molecule has 0 radical (unpaired) electrons. The van der Waals surface area contributed by atoms with E-state index in [2.05, 4.69) is 34.7 Å². The highest BCUT2D eigenvalue weighted by Gasteiger charge is 2.28. The van der Waals surface area contributed by atoms with E-state index in [-0.39, 0.29) is 11.2 Å². The maximum Gasteiger partial charge on any atom is 0.335 e. The van der Waals surface area contributed by atoms with Crippen LogP contribution in [0.1, 0.15) is 24.2 Å². The third-order valence-corrected chi connectivity index (χ3v) is 3.60. The Hall–Kier alpha value is -1.07. The van der Waals surface area contributed by atoms with Crippen LogP contribution in [-0.4, -0.2) is 36.4 Å². The number of morpholine rings is 1. The van der Waals surface area contributed by atoms with Gasteiger partial charge in [0.15, 0.2) is 0 Å². The van der Waals surface area contributed by atoms with Gasteiger partial charge in [0.1, 0.15) is 0 Å². The Bertz CT molecular complexity index is 473. The highest BCUT2D eigenvalue weighted by molar-refractivity contribution is 9.10. The number of anilines is 1. The second kappa shape index (κ2) is 4.90. The van der Waals surface area contributed by atoms with Gasteiger partial charge in [-0.05, 0) is 48.0 Å². The van der Waals surface area contributed by atoms with E-state index in [0.29, 0.717) is 6.61 Å². The Morgan fingerprint density at radius 1 is 1.50 bits per heavy atom. The van der Waals surface area contributed by atoms with Gasteiger partial charge in [0.05, 0.1) is 23.5 Å². The van der Waals surface area contributed by atoms with E-state index in [9.17, 15) is 4.79 Å². The Balaban J connectivity index is 2.26. The van der Waals surface area contributed by atoms with Gasteiger partial charge in [0, 0.05) is 17.6 Å². The first-order chi connectivity index (χ1) is 8.39. The predicted octanol–water partition coefficient (Wildman–Crippen LogP) is 2.76. The first-order valence-corrected chi connectivity index (χ1v) is 6.60. The van der Waals surface area contributed by atoms with Crippen LogP contribution in [0.15, 0.2) is 22.7 Å². The van der Waals surface area contributed by atoms with Gasteiger partial charge in [-0.3, -0.25) is 0 Å². The molecule has 0 aliphatic carbocycles. The minimum absolute atomic E-state index is 0.177. The van der Waals surface area contributed by atoms with E-state index in [1.165, 1.54) is 0 Å². The highest BCUT2D eigenvalue weighted by Crippen LogP contribution is 2.30. The molecule has 1 aromatic carbocycles. The molecule has 1 aliphatic rings. The molecule has 18 heavy (non-hydrogen) atoms. The van der Waals surface area contributed by atoms with E-state index in [0.717, 1.165) is 23.2 Å². The first kappa shape index (κ1) is 13.4. The molecule has 1 aliphatic heterocycles. The molecule has 0 bridgehead atoms. The summed E-state index contributed by atoms with van der Waals surface area (Å²) in [5.41, 5.74) is 1.12. The molecular weight excluding hydrogens is 298 g/mol. The number of ether oxygens (including phenoxy) is 1. The third kappa shape index (κ3) is 2.84. The summed E-state index contributed by atoms with van der Waals surface area (Å²) in [6, 6.07) is 5.11. The number of carbonyl (C=O) groups is 1. The fraction of sp³-hybridized carbons (Fsp3) is 0.462. The lowest BCUT2D eigenvalue weighted by Crippen LogP contribution is -2.48. The standard InChI is InChI=1S/C13H16BrNO3/c1-13(2)8-15(5-6-18-13)11-4-3-9(12(16)17)7-10(11)14/h3-4,7H,5-6,8H2,1-2H3,(H,16,17). The van der Waals surface area contributed by atoms with Crippen LogP contribution in [0.3, 0.4) is 0 Å².